The third-order valence-corrected chi connectivity index (χ3v) is 5.41. The van der Waals surface area contributed by atoms with E-state index in [1.165, 1.54) is 25.7 Å². The number of amides is 1. The Morgan fingerprint density at radius 3 is 2.64 bits per heavy atom. The number of carbonyl (C=O) groups excluding carboxylic acids is 1. The number of hydrogen-bond donors (Lipinski definition) is 2. The first-order chi connectivity index (χ1) is 13.7. The Morgan fingerprint density at radius 2 is 1.89 bits per heavy atom. The summed E-state index contributed by atoms with van der Waals surface area (Å²) in [5.74, 6) is 0.719. The molecule has 2 N–H and O–H groups in total. The van der Waals surface area contributed by atoms with Crippen molar-refractivity contribution in [3.05, 3.63) is 65.4 Å². The molecule has 0 bridgehead atoms. The van der Waals surface area contributed by atoms with Crippen molar-refractivity contribution in [1.29, 1.82) is 0 Å². The Balaban J connectivity index is 1.53. The number of furan rings is 1. The molecule has 1 saturated carbocycles. The molecule has 5 nitrogen and oxygen atoms in total. The summed E-state index contributed by atoms with van der Waals surface area (Å²) in [5.41, 5.74) is 2.79. The maximum absolute atomic E-state index is 12.6. The second-order valence-electron chi connectivity index (χ2n) is 7.31. The fourth-order valence-electron chi connectivity index (χ4n) is 3.83. The molecule has 4 rings (SSSR count). The number of carbonyl (C=O) groups is 1. The molecule has 1 aromatic heterocycles. The van der Waals surface area contributed by atoms with Gasteiger partial charge < -0.3 is 19.8 Å². The summed E-state index contributed by atoms with van der Waals surface area (Å²) in [6.07, 6.45) is 5.07. The highest BCUT2D eigenvalue weighted by Gasteiger charge is 2.19. The fourth-order valence-corrected chi connectivity index (χ4v) is 3.83. The minimum atomic E-state index is -0.225. The number of nitrogens with one attached hydrogen (secondary N) is 2. The summed E-state index contributed by atoms with van der Waals surface area (Å²) in [6, 6.07) is 16.2. The van der Waals surface area contributed by atoms with Gasteiger partial charge in [-0.1, -0.05) is 49.2 Å². The van der Waals surface area contributed by atoms with Crippen molar-refractivity contribution in [3.63, 3.8) is 0 Å². The van der Waals surface area contributed by atoms with Crippen LogP contribution in [0.5, 0.6) is 5.75 Å². The lowest BCUT2D eigenvalue weighted by atomic mass is 10.1. The van der Waals surface area contributed by atoms with Crippen LogP contribution in [0.1, 0.15) is 47.4 Å². The molecule has 0 unspecified atom stereocenters. The van der Waals surface area contributed by atoms with Crippen molar-refractivity contribution in [1.82, 2.24) is 10.6 Å². The Labute approximate surface area is 165 Å². The van der Waals surface area contributed by atoms with Gasteiger partial charge in [0.05, 0.1) is 7.11 Å². The van der Waals surface area contributed by atoms with E-state index < -0.39 is 0 Å². The minimum absolute atomic E-state index is 0.225. The summed E-state index contributed by atoms with van der Waals surface area (Å²) in [5, 5.41) is 7.48. The molecule has 0 radical (unpaired) electrons. The number of methoxy groups -OCH3 is 1. The van der Waals surface area contributed by atoms with Crippen LogP contribution in [-0.4, -0.2) is 19.1 Å². The first-order valence-electron chi connectivity index (χ1n) is 9.89. The van der Waals surface area contributed by atoms with Gasteiger partial charge in [0.15, 0.2) is 17.1 Å². The predicted octanol–water partition coefficient (Wildman–Crippen LogP) is 4.40. The molecule has 0 atom stereocenters. The molecule has 1 fully saturated rings. The topological polar surface area (TPSA) is 63.5 Å². The molecule has 0 saturated heterocycles. The highest BCUT2D eigenvalue weighted by Crippen LogP contribution is 2.32. The zero-order valence-electron chi connectivity index (χ0n) is 16.2. The normalized spacial score (nSPS) is 14.5. The molecule has 3 aromatic rings. The second-order valence-corrected chi connectivity index (χ2v) is 7.31. The Hall–Kier alpha value is -2.79. The van der Waals surface area contributed by atoms with Gasteiger partial charge in [0.25, 0.3) is 5.91 Å². The van der Waals surface area contributed by atoms with E-state index in [9.17, 15) is 4.79 Å². The summed E-state index contributed by atoms with van der Waals surface area (Å²) in [4.78, 5) is 12.6. The van der Waals surface area contributed by atoms with Crippen molar-refractivity contribution >= 4 is 16.9 Å². The van der Waals surface area contributed by atoms with Gasteiger partial charge in [0.2, 0.25) is 0 Å². The Morgan fingerprint density at radius 1 is 1.11 bits per heavy atom. The summed E-state index contributed by atoms with van der Waals surface area (Å²) < 4.78 is 11.3. The quantitative estimate of drug-likeness (QED) is 0.639. The van der Waals surface area contributed by atoms with Crippen LogP contribution in [0.25, 0.3) is 11.0 Å². The van der Waals surface area contributed by atoms with Crippen LogP contribution in [0.15, 0.2) is 52.9 Å². The van der Waals surface area contributed by atoms with Gasteiger partial charge in [-0.15, -0.1) is 0 Å². The van der Waals surface area contributed by atoms with E-state index in [2.05, 4.69) is 10.6 Å². The van der Waals surface area contributed by atoms with Crippen molar-refractivity contribution in [2.75, 3.05) is 7.11 Å². The minimum Gasteiger partial charge on any atom is -0.493 e. The van der Waals surface area contributed by atoms with E-state index in [0.717, 1.165) is 23.1 Å². The van der Waals surface area contributed by atoms with Crippen LogP contribution in [-0.2, 0) is 13.1 Å². The van der Waals surface area contributed by atoms with Crippen LogP contribution >= 0.6 is 0 Å². The first kappa shape index (κ1) is 18.6. The standard InChI is InChI=1S/C23H26N2O3/c1-27-20-12-11-17(15-24-18-9-5-6-10-18)19-13-21(28-22(19)20)23(26)25-14-16-7-3-2-4-8-16/h2-4,7-8,11-13,18,24H,5-6,9-10,14-15H2,1H3,(H,25,26). The molecular formula is C23H26N2O3. The predicted molar refractivity (Wildman–Crippen MR) is 109 cm³/mol. The number of fused-ring (bicyclic) bond motifs is 1. The van der Waals surface area contributed by atoms with Gasteiger partial charge in [-0.3, -0.25) is 4.79 Å². The molecule has 2 aromatic carbocycles. The van der Waals surface area contributed by atoms with Crippen LogP contribution < -0.4 is 15.4 Å². The molecule has 1 amide bonds. The van der Waals surface area contributed by atoms with Gasteiger partial charge in [-0.05, 0) is 36.1 Å². The molecule has 1 heterocycles. The monoisotopic (exact) mass is 378 g/mol. The molecule has 1 aliphatic carbocycles. The zero-order chi connectivity index (χ0) is 19.3. The van der Waals surface area contributed by atoms with E-state index in [0.29, 0.717) is 29.7 Å². The molecule has 146 valence electrons. The largest absolute Gasteiger partial charge is 0.493 e. The van der Waals surface area contributed by atoms with Crippen LogP contribution in [0, 0.1) is 0 Å². The SMILES string of the molecule is COc1ccc(CNC2CCCC2)c2cc(C(=O)NCc3ccccc3)oc12. The van der Waals surface area contributed by atoms with E-state index in [-0.39, 0.29) is 5.91 Å². The van der Waals surface area contributed by atoms with Crippen molar-refractivity contribution in [2.45, 2.75) is 44.8 Å². The second kappa shape index (κ2) is 8.48. The number of hydrogen-bond acceptors (Lipinski definition) is 4. The van der Waals surface area contributed by atoms with Crippen LogP contribution in [0.2, 0.25) is 0 Å². The zero-order valence-corrected chi connectivity index (χ0v) is 16.2. The molecule has 5 heteroatoms. The third kappa shape index (κ3) is 4.04. The van der Waals surface area contributed by atoms with Crippen LogP contribution in [0.4, 0.5) is 0 Å². The van der Waals surface area contributed by atoms with E-state index in [1.807, 2.05) is 48.5 Å². The fraction of sp³-hybridized carbons (Fsp3) is 0.348. The van der Waals surface area contributed by atoms with Crippen molar-refractivity contribution in [3.8, 4) is 5.75 Å². The summed E-state index contributed by atoms with van der Waals surface area (Å²) in [7, 11) is 1.61. The number of ether oxygens (including phenoxy) is 1. The van der Waals surface area contributed by atoms with Gasteiger partial charge in [-0.2, -0.15) is 0 Å². The number of rotatable bonds is 7. The smallest absolute Gasteiger partial charge is 0.287 e. The molecule has 0 aliphatic heterocycles. The van der Waals surface area contributed by atoms with Crippen LogP contribution in [0.3, 0.4) is 0 Å². The lowest BCUT2D eigenvalue weighted by molar-refractivity contribution is 0.0925. The highest BCUT2D eigenvalue weighted by molar-refractivity contribution is 5.98. The average molecular weight is 378 g/mol. The number of benzene rings is 2. The van der Waals surface area contributed by atoms with Gasteiger partial charge in [-0.25, -0.2) is 0 Å². The molecule has 28 heavy (non-hydrogen) atoms. The Bertz CT molecular complexity index is 943. The van der Waals surface area contributed by atoms with E-state index in [1.54, 1.807) is 7.11 Å². The first-order valence-corrected chi connectivity index (χ1v) is 9.89. The van der Waals surface area contributed by atoms with E-state index in [4.69, 9.17) is 9.15 Å². The lowest BCUT2D eigenvalue weighted by Crippen LogP contribution is -2.25. The van der Waals surface area contributed by atoms with Gasteiger partial charge in [0.1, 0.15) is 0 Å². The van der Waals surface area contributed by atoms with Gasteiger partial charge >= 0.3 is 0 Å². The molecule has 0 spiro atoms. The maximum atomic E-state index is 12.6. The van der Waals surface area contributed by atoms with E-state index >= 15 is 0 Å². The summed E-state index contributed by atoms with van der Waals surface area (Å²) in [6.45, 7) is 1.22. The summed E-state index contributed by atoms with van der Waals surface area (Å²) >= 11 is 0. The highest BCUT2D eigenvalue weighted by atomic mass is 16.5. The Kier molecular flexibility index (Phi) is 5.63. The van der Waals surface area contributed by atoms with Gasteiger partial charge in [0, 0.05) is 24.5 Å². The maximum Gasteiger partial charge on any atom is 0.287 e. The lowest BCUT2D eigenvalue weighted by Gasteiger charge is -2.12. The third-order valence-electron chi connectivity index (χ3n) is 5.41. The molecule has 1 aliphatic rings. The average Bonchev–Trinajstić information content (AvgIpc) is 3.41. The van der Waals surface area contributed by atoms with Crippen molar-refractivity contribution in [2.24, 2.45) is 0 Å². The molecular weight excluding hydrogens is 352 g/mol. The van der Waals surface area contributed by atoms with Crippen molar-refractivity contribution < 1.29 is 13.9 Å².